The minimum Gasteiger partial charge on any atom is -0.490 e. The van der Waals surface area contributed by atoms with Gasteiger partial charge in [-0.2, -0.15) is 0 Å². The van der Waals surface area contributed by atoms with Gasteiger partial charge in [-0.1, -0.05) is 24.3 Å². The second-order valence-electron chi connectivity index (χ2n) is 6.41. The molecule has 3 N–H and O–H groups in total. The maximum atomic E-state index is 9.05. The van der Waals surface area contributed by atoms with E-state index in [0.29, 0.717) is 12.6 Å². The van der Waals surface area contributed by atoms with Gasteiger partial charge in [0.1, 0.15) is 12.4 Å². The van der Waals surface area contributed by atoms with Crippen molar-refractivity contribution < 1.29 is 9.94 Å². The first kappa shape index (κ1) is 19.1. The minimum absolute atomic E-state index is 0.472. The molecule has 7 heteroatoms. The molecule has 3 rings (SSSR count). The Morgan fingerprint density at radius 2 is 2.23 bits per heavy atom. The molecule has 1 unspecified atom stereocenters. The second-order valence-corrected chi connectivity index (χ2v) is 7.41. The van der Waals surface area contributed by atoms with Gasteiger partial charge in [0, 0.05) is 43.5 Å². The third kappa shape index (κ3) is 5.96. The lowest BCUT2D eigenvalue weighted by atomic mass is 10.0. The lowest BCUT2D eigenvalue weighted by Gasteiger charge is -2.27. The molecule has 0 aliphatic carbocycles. The third-order valence-corrected chi connectivity index (χ3v) is 4.89. The van der Waals surface area contributed by atoms with E-state index in [-0.39, 0.29) is 0 Å². The fraction of sp³-hybridized carbons (Fsp3) is 0.421. The first-order chi connectivity index (χ1) is 12.7. The monoisotopic (exact) mass is 374 g/mol. The molecule has 0 spiro atoms. The van der Waals surface area contributed by atoms with Crippen molar-refractivity contribution in [2.45, 2.75) is 25.3 Å². The quantitative estimate of drug-likeness (QED) is 0.336. The number of hydrogen-bond acceptors (Lipinski definition) is 7. The van der Waals surface area contributed by atoms with E-state index in [9.17, 15) is 0 Å². The summed E-state index contributed by atoms with van der Waals surface area (Å²) >= 11 is 1.19. The highest BCUT2D eigenvalue weighted by Crippen LogP contribution is 2.24. The van der Waals surface area contributed by atoms with Gasteiger partial charge in [0.25, 0.3) is 0 Å². The Morgan fingerprint density at radius 1 is 1.35 bits per heavy atom. The molecule has 1 aromatic carbocycles. The summed E-state index contributed by atoms with van der Waals surface area (Å²) in [6.07, 6.45) is 6.81. The molecule has 2 aromatic rings. The summed E-state index contributed by atoms with van der Waals surface area (Å²) < 4.78 is 10.0. The molecule has 6 nitrogen and oxygen atoms in total. The molecular weight excluding hydrogens is 348 g/mol. The van der Waals surface area contributed by atoms with Crippen LogP contribution in [0.15, 0.2) is 42.7 Å². The van der Waals surface area contributed by atoms with E-state index in [1.165, 1.54) is 24.1 Å². The van der Waals surface area contributed by atoms with Gasteiger partial charge in [0.05, 0.1) is 6.20 Å². The molecule has 2 heterocycles. The van der Waals surface area contributed by atoms with Gasteiger partial charge in [0.15, 0.2) is 0 Å². The fourth-order valence-corrected chi connectivity index (χ4v) is 3.18. The van der Waals surface area contributed by atoms with Gasteiger partial charge >= 0.3 is 0 Å². The highest BCUT2D eigenvalue weighted by atomic mass is 32.2. The Balaban J connectivity index is 1.55. The maximum absolute atomic E-state index is 9.05. The molecule has 0 bridgehead atoms. The zero-order valence-electron chi connectivity index (χ0n) is 15.0. The Morgan fingerprint density at radius 3 is 3.00 bits per heavy atom. The van der Waals surface area contributed by atoms with Crippen LogP contribution in [0.2, 0.25) is 0 Å². The molecule has 0 radical (unpaired) electrons. The van der Waals surface area contributed by atoms with Crippen LogP contribution >= 0.6 is 12.1 Å². The average molecular weight is 375 g/mol. The van der Waals surface area contributed by atoms with Gasteiger partial charge in [-0.3, -0.25) is 4.98 Å². The first-order valence-electron chi connectivity index (χ1n) is 8.94. The Bertz CT molecular complexity index is 695. The van der Waals surface area contributed by atoms with Crippen molar-refractivity contribution in [2.75, 3.05) is 26.7 Å². The van der Waals surface area contributed by atoms with E-state index >= 15 is 0 Å². The number of hydroxylamine groups is 1. The zero-order valence-corrected chi connectivity index (χ0v) is 15.8. The van der Waals surface area contributed by atoms with E-state index < -0.39 is 0 Å². The molecule has 0 amide bonds. The number of aryl methyl sites for hydroxylation is 1. The predicted molar refractivity (Wildman–Crippen MR) is 105 cm³/mol. The van der Waals surface area contributed by atoms with Gasteiger partial charge in [-0.15, -0.1) is 4.47 Å². The van der Waals surface area contributed by atoms with Gasteiger partial charge in [-0.05, 0) is 43.0 Å². The topological polar surface area (TPSA) is 69.7 Å². The minimum atomic E-state index is 0.472. The van der Waals surface area contributed by atoms with E-state index in [1.807, 2.05) is 6.20 Å². The summed E-state index contributed by atoms with van der Waals surface area (Å²) in [6, 6.07) is 11.1. The van der Waals surface area contributed by atoms with Gasteiger partial charge in [0.2, 0.25) is 0 Å². The van der Waals surface area contributed by atoms with Crippen LogP contribution in [0.5, 0.6) is 5.75 Å². The number of rotatable bonds is 10. The normalized spacial score (nSPS) is 16.5. The molecule has 0 saturated carbocycles. The summed E-state index contributed by atoms with van der Waals surface area (Å²) in [6.45, 7) is 2.61. The molecule has 1 aliphatic heterocycles. The molecular formula is C19H26N4O2S. The van der Waals surface area contributed by atoms with Crippen molar-refractivity contribution >= 4 is 12.1 Å². The fourth-order valence-electron chi connectivity index (χ4n) is 2.75. The zero-order chi connectivity index (χ0) is 18.2. The molecule has 1 aromatic heterocycles. The van der Waals surface area contributed by atoms with Crippen LogP contribution in [0.1, 0.15) is 18.4 Å². The lowest BCUT2D eigenvalue weighted by Crippen LogP contribution is -2.46. The molecule has 26 heavy (non-hydrogen) atoms. The second kappa shape index (κ2) is 9.89. The Kier molecular flexibility index (Phi) is 7.28. The molecule has 1 fully saturated rings. The van der Waals surface area contributed by atoms with Crippen molar-refractivity contribution in [2.24, 2.45) is 0 Å². The third-order valence-electron chi connectivity index (χ3n) is 4.29. The van der Waals surface area contributed by atoms with E-state index in [2.05, 4.69) is 45.4 Å². The number of hydrogen-bond donors (Lipinski definition) is 3. The van der Waals surface area contributed by atoms with E-state index in [1.54, 1.807) is 13.2 Å². The Hall–Kier alpha value is -1.64. The number of benzene rings is 1. The summed E-state index contributed by atoms with van der Waals surface area (Å²) in [4.78, 5) is 4.33. The van der Waals surface area contributed by atoms with Crippen LogP contribution in [0.4, 0.5) is 0 Å². The van der Waals surface area contributed by atoms with Gasteiger partial charge < -0.3 is 15.3 Å². The molecule has 140 valence electrons. The number of nitrogens with one attached hydrogen (secondary N) is 2. The van der Waals surface area contributed by atoms with Crippen molar-refractivity contribution in [3.05, 3.63) is 48.3 Å². The number of aromatic nitrogens is 1. The summed E-state index contributed by atoms with van der Waals surface area (Å²) in [5.74, 6) is 0.816. The highest BCUT2D eigenvalue weighted by Gasteiger charge is 2.16. The smallest absolute Gasteiger partial charge is 0.138 e. The Labute approximate surface area is 159 Å². The lowest BCUT2D eigenvalue weighted by molar-refractivity contribution is 0.0443. The molecule has 1 aliphatic rings. The van der Waals surface area contributed by atoms with Crippen molar-refractivity contribution in [1.29, 1.82) is 0 Å². The number of ether oxygens (including phenoxy) is 1. The summed E-state index contributed by atoms with van der Waals surface area (Å²) in [7, 11) is 1.59. The average Bonchev–Trinajstić information content (AvgIpc) is 2.60. The van der Waals surface area contributed by atoms with Crippen molar-refractivity contribution in [3.63, 3.8) is 0 Å². The van der Waals surface area contributed by atoms with Gasteiger partial charge in [-0.25, -0.2) is 4.72 Å². The highest BCUT2D eigenvalue weighted by molar-refractivity contribution is 7.94. The maximum Gasteiger partial charge on any atom is 0.138 e. The van der Waals surface area contributed by atoms with Crippen LogP contribution in [-0.4, -0.2) is 47.4 Å². The number of pyridine rings is 1. The van der Waals surface area contributed by atoms with Crippen LogP contribution in [0.25, 0.3) is 11.1 Å². The number of nitrogens with zero attached hydrogens (tertiary/aromatic N) is 2. The van der Waals surface area contributed by atoms with Crippen molar-refractivity contribution in [3.8, 4) is 16.9 Å². The van der Waals surface area contributed by atoms with Crippen LogP contribution in [0.3, 0.4) is 0 Å². The van der Waals surface area contributed by atoms with E-state index in [4.69, 9.17) is 9.94 Å². The van der Waals surface area contributed by atoms with Crippen LogP contribution < -0.4 is 14.8 Å². The van der Waals surface area contributed by atoms with Crippen LogP contribution in [-0.2, 0) is 6.42 Å². The summed E-state index contributed by atoms with van der Waals surface area (Å²) in [5.41, 5.74) is 3.51. The first-order valence-corrected chi connectivity index (χ1v) is 9.71. The SMILES string of the molecule is CN(O)SNCCCc1cccc(-c2cncc(OCC3CCN3)c2)c1. The standard InChI is InChI=1S/C19H26N4O2S/c1-23(24)26-22-8-3-5-15-4-2-6-16(10-15)17-11-19(13-20-12-17)25-14-18-7-9-21-18/h2,4,6,10-13,18,21-22,24H,3,5,7-9,14H2,1H3. The van der Waals surface area contributed by atoms with Crippen molar-refractivity contribution in [1.82, 2.24) is 19.5 Å². The largest absolute Gasteiger partial charge is 0.490 e. The predicted octanol–water partition coefficient (Wildman–Crippen LogP) is 2.90. The molecule has 1 saturated heterocycles. The molecule has 1 atom stereocenters. The van der Waals surface area contributed by atoms with E-state index in [0.717, 1.165) is 47.3 Å². The summed E-state index contributed by atoms with van der Waals surface area (Å²) in [5, 5.41) is 12.4. The van der Waals surface area contributed by atoms with Crippen LogP contribution in [0, 0.1) is 0 Å².